The van der Waals surface area contributed by atoms with Crippen molar-refractivity contribution in [2.24, 2.45) is 0 Å². The van der Waals surface area contributed by atoms with E-state index in [-0.39, 0.29) is 0 Å². The number of benzene rings is 1. The number of amides is 1. The van der Waals surface area contributed by atoms with Gasteiger partial charge in [0.1, 0.15) is 12.5 Å². The van der Waals surface area contributed by atoms with Gasteiger partial charge in [-0.05, 0) is 38.3 Å². The zero-order valence-corrected chi connectivity index (χ0v) is 24.0. The lowest BCUT2D eigenvalue weighted by Crippen LogP contribution is -2.22. The molecule has 208 valence electrons. The smallest absolute Gasteiger partial charge is 0.409 e. The summed E-state index contributed by atoms with van der Waals surface area (Å²) in [6, 6.07) is 9.64. The molecule has 0 atom stereocenters. The van der Waals surface area contributed by atoms with E-state index in [0.29, 0.717) is 47.6 Å². The van der Waals surface area contributed by atoms with Crippen LogP contribution in [0.1, 0.15) is 0 Å². The molecule has 0 saturated carbocycles. The molecule has 1 amide bonds. The Balaban J connectivity index is 1.61. The lowest BCUT2D eigenvalue weighted by Gasteiger charge is -2.16. The molecule has 13 heteroatoms. The molecule has 0 aliphatic heterocycles. The van der Waals surface area contributed by atoms with Crippen molar-refractivity contribution in [1.29, 1.82) is 0 Å². The summed E-state index contributed by atoms with van der Waals surface area (Å²) in [7, 11) is 2.83. The Kier molecular flexibility index (Phi) is 8.84. The number of carboxylic acid groups (broad SMARTS) is 1. The molecule has 12 nitrogen and oxygen atoms in total. The zero-order chi connectivity index (χ0) is 28.0. The van der Waals surface area contributed by atoms with E-state index in [2.05, 4.69) is 45.3 Å². The molecule has 0 spiro atoms. The molecule has 0 fully saturated rings. The van der Waals surface area contributed by atoms with E-state index in [1.165, 1.54) is 0 Å². The van der Waals surface area contributed by atoms with Crippen molar-refractivity contribution in [3.63, 3.8) is 0 Å². The minimum absolute atomic E-state index is 0.329. The highest BCUT2D eigenvalue weighted by molar-refractivity contribution is 6.76. The molecular formula is C26H36N8O4Si. The van der Waals surface area contributed by atoms with Crippen LogP contribution in [0.25, 0.3) is 11.0 Å². The van der Waals surface area contributed by atoms with Crippen molar-refractivity contribution < 1.29 is 19.4 Å². The number of carbonyl (C=O) groups is 1. The summed E-state index contributed by atoms with van der Waals surface area (Å²) in [5, 5.41) is 19.7. The Morgan fingerprint density at radius 3 is 2.72 bits per heavy atom. The maximum Gasteiger partial charge on any atom is 0.409 e. The molecule has 0 aliphatic rings. The van der Waals surface area contributed by atoms with Crippen LogP contribution in [-0.4, -0.2) is 75.7 Å². The molecule has 0 radical (unpaired) electrons. The second-order valence-electron chi connectivity index (χ2n) is 10.7. The summed E-state index contributed by atoms with van der Waals surface area (Å²) in [5.74, 6) is 1.10. The average Bonchev–Trinajstić information content (AvgIpc) is 3.47. The first-order valence-electron chi connectivity index (χ1n) is 12.7. The van der Waals surface area contributed by atoms with Crippen molar-refractivity contribution in [2.75, 3.05) is 37.9 Å². The van der Waals surface area contributed by atoms with Gasteiger partial charge in [0.25, 0.3) is 0 Å². The fourth-order valence-corrected chi connectivity index (χ4v) is 4.43. The van der Waals surface area contributed by atoms with Crippen LogP contribution < -0.4 is 15.4 Å². The number of anilines is 3. The maximum absolute atomic E-state index is 11.1. The topological polar surface area (TPSA) is 132 Å². The van der Waals surface area contributed by atoms with Gasteiger partial charge in [-0.25, -0.2) is 4.79 Å². The van der Waals surface area contributed by atoms with Gasteiger partial charge < -0.3 is 29.4 Å². The number of hydrogen-bond acceptors (Lipinski definition) is 8. The number of ether oxygens (including phenoxy) is 2. The van der Waals surface area contributed by atoms with Crippen molar-refractivity contribution in [2.45, 2.75) is 39.0 Å². The average molecular weight is 553 g/mol. The van der Waals surface area contributed by atoms with Gasteiger partial charge in [0.05, 0.1) is 23.8 Å². The molecule has 0 aliphatic carbocycles. The minimum Gasteiger partial charge on any atom is -0.465 e. The first-order valence-corrected chi connectivity index (χ1v) is 16.4. The molecule has 3 aromatic heterocycles. The monoisotopic (exact) mass is 552 g/mol. The molecule has 0 unspecified atom stereocenters. The van der Waals surface area contributed by atoms with Crippen LogP contribution in [0.4, 0.5) is 22.1 Å². The minimum atomic E-state index is -1.21. The molecule has 39 heavy (non-hydrogen) atoms. The van der Waals surface area contributed by atoms with Crippen molar-refractivity contribution in [3.8, 4) is 11.6 Å². The molecule has 3 heterocycles. The lowest BCUT2D eigenvalue weighted by atomic mass is 10.3. The van der Waals surface area contributed by atoms with Gasteiger partial charge in [-0.2, -0.15) is 15.1 Å². The third-order valence-electron chi connectivity index (χ3n) is 5.78. The highest BCUT2D eigenvalue weighted by Gasteiger charge is 2.16. The molecule has 4 aromatic rings. The van der Waals surface area contributed by atoms with Gasteiger partial charge >= 0.3 is 6.09 Å². The van der Waals surface area contributed by atoms with Crippen LogP contribution in [0, 0.1) is 0 Å². The van der Waals surface area contributed by atoms with Gasteiger partial charge in [-0.1, -0.05) is 25.7 Å². The van der Waals surface area contributed by atoms with E-state index in [1.54, 1.807) is 30.5 Å². The number of hydrogen-bond donors (Lipinski definition) is 3. The van der Waals surface area contributed by atoms with Crippen LogP contribution in [0.2, 0.25) is 25.7 Å². The lowest BCUT2D eigenvalue weighted by molar-refractivity contribution is 0.0899. The van der Waals surface area contributed by atoms with Crippen LogP contribution in [0.3, 0.4) is 0 Å². The first-order chi connectivity index (χ1) is 18.6. The van der Waals surface area contributed by atoms with Crippen LogP contribution in [0.5, 0.6) is 11.6 Å². The third kappa shape index (κ3) is 8.27. The van der Waals surface area contributed by atoms with E-state index < -0.39 is 14.2 Å². The number of aromatic nitrogens is 5. The number of rotatable bonds is 13. The molecule has 0 saturated heterocycles. The Labute approximate surface area is 228 Å². The van der Waals surface area contributed by atoms with Gasteiger partial charge in [0.15, 0.2) is 5.65 Å². The number of nitrogens with one attached hydrogen (secondary N) is 2. The third-order valence-corrected chi connectivity index (χ3v) is 7.48. The molecule has 4 rings (SSSR count). The summed E-state index contributed by atoms with van der Waals surface area (Å²) >= 11 is 0. The zero-order valence-electron chi connectivity index (χ0n) is 23.0. The van der Waals surface area contributed by atoms with Gasteiger partial charge in [0.2, 0.25) is 11.8 Å². The molecule has 1 aromatic carbocycles. The van der Waals surface area contributed by atoms with Gasteiger partial charge in [-0.15, -0.1) is 0 Å². The van der Waals surface area contributed by atoms with Gasteiger partial charge in [-0.3, -0.25) is 10.00 Å². The number of nitrogens with zero attached hydrogens (tertiary/aromatic N) is 6. The molecular weight excluding hydrogens is 516 g/mol. The van der Waals surface area contributed by atoms with Crippen molar-refractivity contribution in [3.05, 3.63) is 48.9 Å². The van der Waals surface area contributed by atoms with Crippen molar-refractivity contribution >= 4 is 42.5 Å². The number of fused-ring (bicyclic) bond motifs is 1. The van der Waals surface area contributed by atoms with Crippen LogP contribution >= 0.6 is 0 Å². The number of likely N-dealkylation sites (N-methyl/N-ethyl adjacent to an activating group) is 1. The SMILES string of the molecule is CN(C)CCn1cc(Nc2nc(Oc3cccc(NC(=O)O)c3)c3ccn(COCC[Si](C)(C)C)c3n2)cn1. The van der Waals surface area contributed by atoms with E-state index >= 15 is 0 Å². The predicted molar refractivity (Wildman–Crippen MR) is 154 cm³/mol. The summed E-state index contributed by atoms with van der Waals surface area (Å²) in [6.45, 7) is 9.61. The maximum atomic E-state index is 11.1. The van der Waals surface area contributed by atoms with Gasteiger partial charge in [0, 0.05) is 45.4 Å². The standard InChI is InChI=1S/C26H36N8O4Si/c1-32(2)11-12-34-17-20(16-27-34)28-25-30-23-22(9-10-33(23)18-37-13-14-39(3,4)5)24(31-25)38-21-8-6-7-19(15-21)29-26(35)36/h6-10,15-17,29H,11-14,18H2,1-5H3,(H,35,36)(H,28,30,31). The Hall–Kier alpha value is -3.94. The summed E-state index contributed by atoms with van der Waals surface area (Å²) in [6.07, 6.45) is 4.37. The molecule has 3 N–H and O–H groups in total. The van der Waals surface area contributed by atoms with Crippen LogP contribution in [-0.2, 0) is 18.0 Å². The fraction of sp³-hybridized carbons (Fsp3) is 0.385. The summed E-state index contributed by atoms with van der Waals surface area (Å²) in [4.78, 5) is 22.6. The van der Waals surface area contributed by atoms with Crippen molar-refractivity contribution in [1.82, 2.24) is 29.2 Å². The summed E-state index contributed by atoms with van der Waals surface area (Å²) < 4.78 is 15.9. The Morgan fingerprint density at radius 2 is 1.97 bits per heavy atom. The second kappa shape index (κ2) is 12.3. The normalized spacial score (nSPS) is 11.7. The van der Waals surface area contributed by atoms with E-state index in [9.17, 15) is 4.79 Å². The Bertz CT molecular complexity index is 1410. The van der Waals surface area contributed by atoms with E-state index in [0.717, 1.165) is 24.8 Å². The van der Waals surface area contributed by atoms with E-state index in [4.69, 9.17) is 19.6 Å². The summed E-state index contributed by atoms with van der Waals surface area (Å²) in [5.41, 5.74) is 1.79. The molecule has 0 bridgehead atoms. The first kappa shape index (κ1) is 28.1. The Morgan fingerprint density at radius 1 is 1.15 bits per heavy atom. The second-order valence-corrected chi connectivity index (χ2v) is 16.3. The van der Waals surface area contributed by atoms with Crippen LogP contribution in [0.15, 0.2) is 48.9 Å². The fourth-order valence-electron chi connectivity index (χ4n) is 3.67. The highest BCUT2D eigenvalue weighted by atomic mass is 28.3. The predicted octanol–water partition coefficient (Wildman–Crippen LogP) is 5.13. The van der Waals surface area contributed by atoms with E-state index in [1.807, 2.05) is 41.8 Å². The quantitative estimate of drug-likeness (QED) is 0.153. The highest BCUT2D eigenvalue weighted by Crippen LogP contribution is 2.31. The largest absolute Gasteiger partial charge is 0.465 e.